The first-order valence-corrected chi connectivity index (χ1v) is 14.7. The van der Waals surface area contributed by atoms with Crippen LogP contribution in [0.4, 0.5) is 17.3 Å². The van der Waals surface area contributed by atoms with Crippen LogP contribution in [0.2, 0.25) is 0 Å². The zero-order valence-electron chi connectivity index (χ0n) is 22.9. The van der Waals surface area contributed by atoms with Crippen molar-refractivity contribution in [1.29, 1.82) is 0 Å². The zero-order chi connectivity index (χ0) is 26.9. The molecule has 2 N–H and O–H groups in total. The fraction of sp³-hybridized carbons (Fsp3) is 0.448. The molecule has 0 spiro atoms. The second-order valence-corrected chi connectivity index (χ2v) is 11.8. The van der Waals surface area contributed by atoms with Crippen molar-refractivity contribution in [3.8, 4) is 11.3 Å². The monoisotopic (exact) mass is 544 g/mol. The van der Waals surface area contributed by atoms with Gasteiger partial charge >= 0.3 is 0 Å². The minimum Gasteiger partial charge on any atom is -0.369 e. The van der Waals surface area contributed by atoms with Gasteiger partial charge in [0.15, 0.2) is 0 Å². The molecule has 0 radical (unpaired) electrons. The van der Waals surface area contributed by atoms with E-state index in [0.29, 0.717) is 29.6 Å². The highest BCUT2D eigenvalue weighted by molar-refractivity contribution is 7.12. The van der Waals surface area contributed by atoms with Gasteiger partial charge in [-0.15, -0.1) is 11.3 Å². The third-order valence-corrected chi connectivity index (χ3v) is 9.03. The summed E-state index contributed by atoms with van der Waals surface area (Å²) in [6.07, 6.45) is 3.98. The summed E-state index contributed by atoms with van der Waals surface area (Å²) in [5, 5.41) is 8.71. The van der Waals surface area contributed by atoms with Crippen LogP contribution < -0.4 is 21.1 Å². The van der Waals surface area contributed by atoms with Gasteiger partial charge in [0.1, 0.15) is 5.65 Å². The van der Waals surface area contributed by atoms with Crippen LogP contribution in [0.25, 0.3) is 22.3 Å². The Labute approximate surface area is 232 Å². The Bertz CT molecular complexity index is 1520. The summed E-state index contributed by atoms with van der Waals surface area (Å²) in [5.74, 6) is 0.937. The predicted molar refractivity (Wildman–Crippen MR) is 160 cm³/mol. The van der Waals surface area contributed by atoms with Gasteiger partial charge in [0, 0.05) is 66.5 Å². The van der Waals surface area contributed by atoms with Crippen LogP contribution in [-0.4, -0.2) is 70.7 Å². The van der Waals surface area contributed by atoms with Crippen LogP contribution in [0, 0.1) is 6.92 Å². The molecule has 6 rings (SSSR count). The van der Waals surface area contributed by atoms with E-state index in [9.17, 15) is 4.79 Å². The number of nitrogens with one attached hydrogen (secondary N) is 2. The van der Waals surface area contributed by atoms with Gasteiger partial charge in [0.25, 0.3) is 5.56 Å². The lowest BCUT2D eigenvalue weighted by Gasteiger charge is -2.34. The van der Waals surface area contributed by atoms with Crippen molar-refractivity contribution in [2.24, 2.45) is 0 Å². The number of aryl methyl sites for hydroxylation is 2. The number of fused-ring (bicyclic) bond motifs is 1. The molecule has 2 fully saturated rings. The lowest BCUT2D eigenvalue weighted by atomic mass is 9.99. The first-order valence-electron chi connectivity index (χ1n) is 13.9. The fourth-order valence-corrected chi connectivity index (χ4v) is 6.65. The molecule has 3 aromatic heterocycles. The number of anilines is 3. The minimum atomic E-state index is -0.0589. The zero-order valence-corrected chi connectivity index (χ0v) is 23.7. The Balaban J connectivity index is 1.27. The average Bonchev–Trinajstić information content (AvgIpc) is 3.35. The van der Waals surface area contributed by atoms with Crippen molar-refractivity contribution in [2.75, 3.05) is 56.5 Å². The second kappa shape index (κ2) is 11.0. The number of piperazine rings is 1. The highest BCUT2D eigenvalue weighted by Gasteiger charge is 2.23. The molecule has 10 heteroatoms. The van der Waals surface area contributed by atoms with E-state index in [2.05, 4.69) is 63.7 Å². The smallest absolute Gasteiger partial charge is 0.261 e. The normalized spacial score (nSPS) is 17.2. The predicted octanol–water partition coefficient (Wildman–Crippen LogP) is 4.21. The number of thiazole rings is 1. The number of aromatic nitrogens is 4. The number of likely N-dealkylation sites (N-methyl/N-ethyl adjacent to an activating group) is 1. The number of hydrogen-bond donors (Lipinski definition) is 2. The van der Waals surface area contributed by atoms with Gasteiger partial charge in [0.2, 0.25) is 5.95 Å². The molecular weight excluding hydrogens is 508 g/mol. The maximum Gasteiger partial charge on any atom is 0.261 e. The quantitative estimate of drug-likeness (QED) is 0.373. The van der Waals surface area contributed by atoms with Crippen LogP contribution in [0.5, 0.6) is 0 Å². The number of piperidine rings is 1. The summed E-state index contributed by atoms with van der Waals surface area (Å²) in [4.78, 5) is 33.8. The number of rotatable bonds is 6. The van der Waals surface area contributed by atoms with E-state index >= 15 is 0 Å². The Morgan fingerprint density at radius 3 is 2.54 bits per heavy atom. The molecule has 2 aliphatic rings. The van der Waals surface area contributed by atoms with Crippen LogP contribution in [0.3, 0.4) is 0 Å². The maximum absolute atomic E-state index is 13.7. The second-order valence-electron chi connectivity index (χ2n) is 10.5. The number of hydrogen-bond acceptors (Lipinski definition) is 9. The number of benzene rings is 1. The molecule has 0 amide bonds. The first kappa shape index (κ1) is 25.9. The van der Waals surface area contributed by atoms with Crippen LogP contribution in [0.15, 0.2) is 41.3 Å². The third-order valence-electron chi connectivity index (χ3n) is 7.89. The highest BCUT2D eigenvalue weighted by Crippen LogP contribution is 2.34. The standard InChI is InChI=1S/C29H36N8OS/c1-4-37-26-21(17-24(28(37)38)25-19(2)39-27(33-25)20-9-11-30-12-10-20)18-31-29(34-26)32-22-5-7-23(8-6-22)36-15-13-35(3)14-16-36/h5-8,17-18,20,30H,4,9-16H2,1-3H3,(H,31,32,34). The van der Waals surface area contributed by atoms with E-state index < -0.39 is 0 Å². The highest BCUT2D eigenvalue weighted by atomic mass is 32.1. The molecule has 0 unspecified atom stereocenters. The van der Waals surface area contributed by atoms with E-state index in [1.807, 2.05) is 13.0 Å². The van der Waals surface area contributed by atoms with Crippen LogP contribution >= 0.6 is 11.3 Å². The van der Waals surface area contributed by atoms with Gasteiger partial charge < -0.3 is 20.4 Å². The largest absolute Gasteiger partial charge is 0.369 e. The van der Waals surface area contributed by atoms with Crippen LogP contribution in [0.1, 0.15) is 35.6 Å². The summed E-state index contributed by atoms with van der Waals surface area (Å²) in [6, 6.07) is 10.3. The Morgan fingerprint density at radius 1 is 1.08 bits per heavy atom. The molecule has 5 heterocycles. The summed E-state index contributed by atoms with van der Waals surface area (Å²) < 4.78 is 1.73. The van der Waals surface area contributed by atoms with Crippen LogP contribution in [-0.2, 0) is 6.54 Å². The Kier molecular flexibility index (Phi) is 7.33. The molecule has 0 atom stereocenters. The van der Waals surface area contributed by atoms with Crippen molar-refractivity contribution in [1.82, 2.24) is 29.7 Å². The third kappa shape index (κ3) is 5.28. The van der Waals surface area contributed by atoms with Gasteiger partial charge in [-0.05, 0) is 77.2 Å². The van der Waals surface area contributed by atoms with Crippen molar-refractivity contribution in [3.63, 3.8) is 0 Å². The molecule has 2 aliphatic heterocycles. The van der Waals surface area contributed by atoms with Crippen molar-refractivity contribution >= 4 is 39.7 Å². The van der Waals surface area contributed by atoms with Crippen molar-refractivity contribution in [3.05, 3.63) is 56.8 Å². The van der Waals surface area contributed by atoms with E-state index in [-0.39, 0.29) is 5.56 Å². The van der Waals surface area contributed by atoms with Gasteiger partial charge in [-0.1, -0.05) is 0 Å². The Hall–Kier alpha value is -3.34. The van der Waals surface area contributed by atoms with Gasteiger partial charge in [0.05, 0.1) is 16.3 Å². The average molecular weight is 545 g/mol. The molecule has 39 heavy (non-hydrogen) atoms. The Morgan fingerprint density at radius 2 is 1.82 bits per heavy atom. The van der Waals surface area contributed by atoms with E-state index in [1.54, 1.807) is 22.1 Å². The van der Waals surface area contributed by atoms with E-state index in [4.69, 9.17) is 9.97 Å². The summed E-state index contributed by atoms with van der Waals surface area (Å²) in [7, 11) is 2.17. The molecule has 0 saturated carbocycles. The molecule has 2 saturated heterocycles. The summed E-state index contributed by atoms with van der Waals surface area (Å²) in [6.45, 7) is 10.8. The fourth-order valence-electron chi connectivity index (χ4n) is 5.54. The molecule has 0 aliphatic carbocycles. The lowest BCUT2D eigenvalue weighted by molar-refractivity contribution is 0.313. The molecular formula is C29H36N8OS. The van der Waals surface area contributed by atoms with E-state index in [0.717, 1.165) is 78.8 Å². The van der Waals surface area contributed by atoms with Gasteiger partial charge in [-0.2, -0.15) is 4.98 Å². The van der Waals surface area contributed by atoms with E-state index in [1.165, 1.54) is 5.69 Å². The van der Waals surface area contributed by atoms with Crippen molar-refractivity contribution < 1.29 is 0 Å². The molecule has 0 bridgehead atoms. The SMILES string of the molecule is CCn1c(=O)c(-c2nc(C3CCNCC3)sc2C)cc2cnc(Nc3ccc(N4CCN(C)CC4)cc3)nc21. The van der Waals surface area contributed by atoms with Gasteiger partial charge in [-0.3, -0.25) is 9.36 Å². The number of nitrogens with zero attached hydrogens (tertiary/aromatic N) is 6. The molecule has 4 aromatic rings. The summed E-state index contributed by atoms with van der Waals surface area (Å²) >= 11 is 1.72. The minimum absolute atomic E-state index is 0.0589. The first-order chi connectivity index (χ1) is 19.0. The lowest BCUT2D eigenvalue weighted by Crippen LogP contribution is -2.44. The molecule has 204 valence electrons. The number of pyridine rings is 1. The van der Waals surface area contributed by atoms with Gasteiger partial charge in [-0.25, -0.2) is 9.97 Å². The molecule has 1 aromatic carbocycles. The maximum atomic E-state index is 13.7. The van der Waals surface area contributed by atoms with Crippen molar-refractivity contribution in [2.45, 2.75) is 39.2 Å². The molecule has 9 nitrogen and oxygen atoms in total. The topological polar surface area (TPSA) is 91.2 Å². The summed E-state index contributed by atoms with van der Waals surface area (Å²) in [5.41, 5.74) is 4.13.